The van der Waals surface area contributed by atoms with E-state index in [0.29, 0.717) is 36.4 Å². The number of hydrogen-bond donors (Lipinski definition) is 1. The summed E-state index contributed by atoms with van der Waals surface area (Å²) in [6.07, 6.45) is 6.96. The van der Waals surface area contributed by atoms with E-state index in [2.05, 4.69) is 71.1 Å². The molecule has 0 bridgehead atoms. The van der Waals surface area contributed by atoms with Crippen molar-refractivity contribution in [2.45, 2.75) is 96.3 Å². The molecule has 0 radical (unpaired) electrons. The SMILES string of the molecule is COc1ccc([Si](C)(C)[C@H]2[C@H](CC(=O)N3Cc4ccccc4C[C@H]3CO)O[C@@]3(C(=O)N(C/C=C(\C)CCC=C(C)C)c4ccc(N(C=O)c5ccccc5)cc43)[C@@H]2C)cc1. The standard InChI is InChI=1S/C50H59N3O6Si/c1-34(2)14-13-15-35(3)26-27-51-45-25-20-40(53(33-55)39-18-9-8-10-19-39)29-44(45)50(49(51)57)36(4)48(60(6,7)43-23-21-42(58-5)22-24-43)46(59-50)30-47(56)52-31-38-17-12-11-16-37(38)28-41(52)32-54/h8-12,14,16-26,29,33,36,41,46,48,54H,13,15,27-28,30-32H2,1-7H3/b35-26+/t36-,41+,46+,48-,50+/m1/s1. The van der Waals surface area contributed by atoms with Crippen molar-refractivity contribution in [2.24, 2.45) is 5.92 Å². The van der Waals surface area contributed by atoms with Crippen molar-refractivity contribution >= 4 is 48.5 Å². The van der Waals surface area contributed by atoms with Crippen LogP contribution in [-0.2, 0) is 37.7 Å². The lowest BCUT2D eigenvalue weighted by Gasteiger charge is -2.39. The second kappa shape index (κ2) is 17.7. The van der Waals surface area contributed by atoms with Gasteiger partial charge in [-0.3, -0.25) is 19.3 Å². The number of anilines is 3. The van der Waals surface area contributed by atoms with Gasteiger partial charge in [0.2, 0.25) is 12.3 Å². The molecule has 0 aliphatic carbocycles. The highest BCUT2D eigenvalue weighted by Gasteiger charge is 2.66. The number of fused-ring (bicyclic) bond motifs is 3. The number of carbonyl (C=O) groups excluding carboxylic acids is 3. The van der Waals surface area contributed by atoms with E-state index >= 15 is 4.79 Å². The van der Waals surface area contributed by atoms with Crippen LogP contribution >= 0.6 is 0 Å². The van der Waals surface area contributed by atoms with Crippen molar-refractivity contribution in [1.29, 1.82) is 0 Å². The summed E-state index contributed by atoms with van der Waals surface area (Å²) in [7, 11) is -0.931. The molecule has 3 aliphatic heterocycles. The van der Waals surface area contributed by atoms with Crippen LogP contribution in [-0.4, -0.2) is 68.7 Å². The summed E-state index contributed by atoms with van der Waals surface area (Å²) in [4.78, 5) is 48.3. The number of amides is 3. The molecule has 1 saturated heterocycles. The minimum Gasteiger partial charge on any atom is -0.497 e. The fourth-order valence-electron chi connectivity index (χ4n) is 9.96. The predicted octanol–water partition coefficient (Wildman–Crippen LogP) is 8.58. The van der Waals surface area contributed by atoms with E-state index in [1.165, 1.54) is 16.3 Å². The monoisotopic (exact) mass is 825 g/mol. The predicted molar refractivity (Wildman–Crippen MR) is 242 cm³/mol. The fourth-order valence-corrected chi connectivity index (χ4v) is 14.0. The summed E-state index contributed by atoms with van der Waals surface area (Å²) in [6, 6.07) is 31.1. The van der Waals surface area contributed by atoms with Crippen molar-refractivity contribution < 1.29 is 29.0 Å². The Morgan fingerprint density at radius 1 is 0.950 bits per heavy atom. The molecular formula is C50H59N3O6Si. The van der Waals surface area contributed by atoms with Gasteiger partial charge in [-0.1, -0.05) is 103 Å². The van der Waals surface area contributed by atoms with Gasteiger partial charge in [-0.2, -0.15) is 0 Å². The van der Waals surface area contributed by atoms with Crippen LogP contribution in [0.4, 0.5) is 17.1 Å². The molecule has 3 heterocycles. The average molecular weight is 826 g/mol. The van der Waals surface area contributed by atoms with Gasteiger partial charge in [-0.05, 0) is 99.2 Å². The lowest BCUT2D eigenvalue weighted by molar-refractivity contribution is -0.150. The van der Waals surface area contributed by atoms with Gasteiger partial charge < -0.3 is 24.4 Å². The first-order valence-corrected chi connectivity index (χ1v) is 24.3. The highest BCUT2D eigenvalue weighted by molar-refractivity contribution is 6.91. The maximum Gasteiger partial charge on any atom is 0.264 e. The molecule has 1 N–H and O–H groups in total. The highest BCUT2D eigenvalue weighted by Crippen LogP contribution is 2.60. The van der Waals surface area contributed by atoms with Gasteiger partial charge in [0.25, 0.3) is 5.91 Å². The number of hydrogen-bond acceptors (Lipinski definition) is 6. The molecule has 1 fully saturated rings. The maximum absolute atomic E-state index is 15.5. The molecule has 3 amide bonds. The van der Waals surface area contributed by atoms with Crippen LogP contribution in [0.5, 0.6) is 5.75 Å². The number of carbonyl (C=O) groups is 3. The Bertz CT molecular complexity index is 2270. The van der Waals surface area contributed by atoms with Gasteiger partial charge in [-0.15, -0.1) is 0 Å². The highest BCUT2D eigenvalue weighted by atomic mass is 28.3. The van der Waals surface area contributed by atoms with E-state index in [4.69, 9.17) is 9.47 Å². The van der Waals surface area contributed by atoms with E-state index < -0.39 is 19.8 Å². The van der Waals surface area contributed by atoms with Crippen LogP contribution in [0.1, 0.15) is 63.6 Å². The van der Waals surface area contributed by atoms with Crippen LogP contribution in [0.15, 0.2) is 120 Å². The first-order chi connectivity index (χ1) is 28.8. The van der Waals surface area contributed by atoms with Gasteiger partial charge in [0, 0.05) is 35.9 Å². The van der Waals surface area contributed by atoms with E-state index in [-0.39, 0.29) is 42.3 Å². The number of benzene rings is 4. The molecule has 3 aliphatic rings. The maximum atomic E-state index is 15.5. The summed E-state index contributed by atoms with van der Waals surface area (Å²) in [5, 5.41) is 11.7. The van der Waals surface area contributed by atoms with E-state index in [1.807, 2.05) is 83.8 Å². The van der Waals surface area contributed by atoms with Crippen molar-refractivity contribution in [3.63, 3.8) is 0 Å². The first kappa shape index (κ1) is 42.8. The summed E-state index contributed by atoms with van der Waals surface area (Å²) in [5.41, 5.74) is 5.83. The number of para-hydroxylation sites is 1. The molecule has 0 unspecified atom stereocenters. The van der Waals surface area contributed by atoms with Gasteiger partial charge in [0.15, 0.2) is 5.60 Å². The number of ether oxygens (including phenoxy) is 2. The number of allylic oxidation sites excluding steroid dienone is 3. The number of aliphatic hydroxyl groups excluding tert-OH is 1. The van der Waals surface area contributed by atoms with E-state index in [0.717, 1.165) is 41.8 Å². The van der Waals surface area contributed by atoms with Gasteiger partial charge in [-0.25, -0.2) is 0 Å². The Hall–Kier alpha value is -5.29. The Labute approximate surface area is 356 Å². The fraction of sp³-hybridized carbons (Fsp3) is 0.380. The summed E-state index contributed by atoms with van der Waals surface area (Å²) in [5.74, 6) is 0.135. The molecule has 4 aromatic carbocycles. The number of aliphatic hydroxyl groups is 1. The van der Waals surface area contributed by atoms with Crippen molar-refractivity contribution in [1.82, 2.24) is 4.90 Å². The molecule has 0 aromatic heterocycles. The average Bonchev–Trinajstić information content (AvgIpc) is 3.68. The molecule has 0 saturated carbocycles. The van der Waals surface area contributed by atoms with Gasteiger partial charge in [0.05, 0.1) is 46.0 Å². The normalized spacial score (nSPS) is 22.4. The number of rotatable bonds is 14. The molecule has 4 aromatic rings. The first-order valence-electron chi connectivity index (χ1n) is 21.2. The van der Waals surface area contributed by atoms with Gasteiger partial charge in [0.1, 0.15) is 5.75 Å². The zero-order valence-corrected chi connectivity index (χ0v) is 37.1. The van der Waals surface area contributed by atoms with Crippen LogP contribution in [0.25, 0.3) is 0 Å². The molecule has 1 spiro atoms. The third-order valence-corrected chi connectivity index (χ3v) is 17.6. The third kappa shape index (κ3) is 8.00. The minimum absolute atomic E-state index is 0.0537. The number of nitrogens with zero attached hydrogens (tertiary/aromatic N) is 3. The largest absolute Gasteiger partial charge is 0.497 e. The Morgan fingerprint density at radius 3 is 2.32 bits per heavy atom. The zero-order valence-electron chi connectivity index (χ0n) is 36.1. The Kier molecular flexibility index (Phi) is 12.7. The van der Waals surface area contributed by atoms with Crippen LogP contribution in [0.3, 0.4) is 0 Å². The molecule has 7 rings (SSSR count). The van der Waals surface area contributed by atoms with Crippen molar-refractivity contribution in [3.05, 3.63) is 137 Å². The van der Waals surface area contributed by atoms with Gasteiger partial charge >= 0.3 is 0 Å². The molecule has 5 atom stereocenters. The lowest BCUT2D eigenvalue weighted by atomic mass is 9.82. The topological polar surface area (TPSA) is 99.6 Å². The molecule has 314 valence electrons. The van der Waals surface area contributed by atoms with Crippen molar-refractivity contribution in [2.75, 3.05) is 30.1 Å². The minimum atomic E-state index is -2.58. The smallest absolute Gasteiger partial charge is 0.264 e. The summed E-state index contributed by atoms with van der Waals surface area (Å²) >= 11 is 0. The van der Waals surface area contributed by atoms with Crippen LogP contribution in [0, 0.1) is 5.92 Å². The van der Waals surface area contributed by atoms with Crippen LogP contribution < -0.4 is 19.7 Å². The molecule has 9 nitrogen and oxygen atoms in total. The Morgan fingerprint density at radius 2 is 1.65 bits per heavy atom. The molecular weight excluding hydrogens is 767 g/mol. The second-order valence-corrected chi connectivity index (χ2v) is 22.2. The van der Waals surface area contributed by atoms with E-state index in [9.17, 15) is 14.7 Å². The quantitative estimate of drug-likeness (QED) is 0.0778. The van der Waals surface area contributed by atoms with Crippen molar-refractivity contribution in [3.8, 4) is 5.75 Å². The Balaban J connectivity index is 1.34. The number of methoxy groups -OCH3 is 1. The molecule has 10 heteroatoms. The third-order valence-electron chi connectivity index (χ3n) is 13.2. The molecule has 60 heavy (non-hydrogen) atoms. The van der Waals surface area contributed by atoms with E-state index in [1.54, 1.807) is 16.9 Å². The van der Waals surface area contributed by atoms with Crippen LogP contribution in [0.2, 0.25) is 18.6 Å². The second-order valence-electron chi connectivity index (χ2n) is 17.5. The zero-order chi connectivity index (χ0) is 42.8. The summed E-state index contributed by atoms with van der Waals surface area (Å²) < 4.78 is 12.9. The lowest BCUT2D eigenvalue weighted by Crippen LogP contribution is -2.52. The summed E-state index contributed by atoms with van der Waals surface area (Å²) in [6.45, 7) is 13.6.